The first-order valence-electron chi connectivity index (χ1n) is 6.36. The average Bonchev–Trinajstić information content (AvgIpc) is 2.53. The van der Waals surface area contributed by atoms with Crippen LogP contribution in [0.1, 0.15) is 36.5 Å². The first kappa shape index (κ1) is 14.3. The Balaban J connectivity index is 2.18. The van der Waals surface area contributed by atoms with Crippen molar-refractivity contribution in [3.63, 3.8) is 0 Å². The molecule has 1 N–H and O–H groups in total. The van der Waals surface area contributed by atoms with E-state index in [1.165, 1.54) is 18.2 Å². The zero-order valence-electron chi connectivity index (χ0n) is 10.8. The average molecular weight is 286 g/mol. The van der Waals surface area contributed by atoms with Crippen LogP contribution in [0.4, 0.5) is 4.39 Å². The molecule has 19 heavy (non-hydrogen) atoms. The van der Waals surface area contributed by atoms with Crippen molar-refractivity contribution in [2.45, 2.75) is 31.8 Å². The van der Waals surface area contributed by atoms with Crippen molar-refractivity contribution in [3.05, 3.63) is 34.6 Å². The molecule has 1 aromatic rings. The molecule has 1 atom stereocenters. The van der Waals surface area contributed by atoms with Crippen molar-refractivity contribution in [2.75, 3.05) is 13.1 Å². The number of hydrogen-bond donors (Lipinski definition) is 1. The van der Waals surface area contributed by atoms with Gasteiger partial charge in [0.05, 0.1) is 16.2 Å². The molecule has 1 unspecified atom stereocenters. The molecule has 1 aliphatic heterocycles. The normalized spacial score (nSPS) is 24.1. The van der Waals surface area contributed by atoms with E-state index in [1.54, 1.807) is 11.8 Å². The number of halogens is 2. The molecule has 1 amide bonds. The van der Waals surface area contributed by atoms with E-state index in [1.807, 2.05) is 0 Å². The van der Waals surface area contributed by atoms with Crippen LogP contribution in [0, 0.1) is 5.82 Å². The fraction of sp³-hybridized carbons (Fsp3) is 0.500. The number of aliphatic hydroxyl groups is 1. The third-order valence-electron chi connectivity index (χ3n) is 3.53. The molecule has 104 valence electrons. The van der Waals surface area contributed by atoms with E-state index in [9.17, 15) is 14.3 Å². The molecule has 1 fully saturated rings. The lowest BCUT2D eigenvalue weighted by Crippen LogP contribution is -2.33. The Hall–Kier alpha value is -1.13. The first-order chi connectivity index (χ1) is 8.91. The van der Waals surface area contributed by atoms with E-state index in [4.69, 9.17) is 11.6 Å². The summed E-state index contributed by atoms with van der Waals surface area (Å²) >= 11 is 5.83. The smallest absolute Gasteiger partial charge is 0.255 e. The summed E-state index contributed by atoms with van der Waals surface area (Å²) < 4.78 is 13.4. The number of hydrogen-bond acceptors (Lipinski definition) is 2. The van der Waals surface area contributed by atoms with Gasteiger partial charge in [0.1, 0.15) is 5.82 Å². The predicted molar refractivity (Wildman–Crippen MR) is 71.8 cm³/mol. The second-order valence-corrected chi connectivity index (χ2v) is 5.62. The van der Waals surface area contributed by atoms with Gasteiger partial charge in [-0.2, -0.15) is 0 Å². The Bertz CT molecular complexity index is 490. The summed E-state index contributed by atoms with van der Waals surface area (Å²) in [5, 5.41) is 9.86. The van der Waals surface area contributed by atoms with E-state index in [-0.39, 0.29) is 16.5 Å². The highest BCUT2D eigenvalue weighted by molar-refractivity contribution is 6.34. The van der Waals surface area contributed by atoms with Crippen molar-refractivity contribution < 1.29 is 14.3 Å². The number of carbonyl (C=O) groups excluding carboxylic acids is 1. The highest BCUT2D eigenvalue weighted by atomic mass is 35.5. The van der Waals surface area contributed by atoms with Crippen LogP contribution in [0.2, 0.25) is 5.02 Å². The lowest BCUT2D eigenvalue weighted by molar-refractivity contribution is 0.0438. The highest BCUT2D eigenvalue weighted by Gasteiger charge is 2.28. The van der Waals surface area contributed by atoms with Gasteiger partial charge < -0.3 is 10.0 Å². The highest BCUT2D eigenvalue weighted by Crippen LogP contribution is 2.25. The Morgan fingerprint density at radius 2 is 2.16 bits per heavy atom. The first-order valence-corrected chi connectivity index (χ1v) is 6.74. The molecule has 0 aliphatic carbocycles. The van der Waals surface area contributed by atoms with Crippen molar-refractivity contribution in [2.24, 2.45) is 0 Å². The number of carbonyl (C=O) groups is 1. The fourth-order valence-corrected chi connectivity index (χ4v) is 2.51. The van der Waals surface area contributed by atoms with Crippen LogP contribution in [-0.2, 0) is 0 Å². The minimum absolute atomic E-state index is 0.136. The van der Waals surface area contributed by atoms with E-state index < -0.39 is 11.4 Å². The molecule has 5 heteroatoms. The molecular formula is C14H17ClFNO2. The molecule has 3 nitrogen and oxygen atoms in total. The number of benzene rings is 1. The number of rotatable bonds is 1. The maximum Gasteiger partial charge on any atom is 0.255 e. The molecule has 0 spiro atoms. The molecular weight excluding hydrogens is 269 g/mol. The van der Waals surface area contributed by atoms with E-state index in [0.717, 1.165) is 6.42 Å². The van der Waals surface area contributed by atoms with E-state index in [0.29, 0.717) is 25.9 Å². The number of amides is 1. The van der Waals surface area contributed by atoms with Crippen LogP contribution in [0.3, 0.4) is 0 Å². The van der Waals surface area contributed by atoms with Gasteiger partial charge in [-0.25, -0.2) is 4.39 Å². The molecule has 1 aliphatic rings. The van der Waals surface area contributed by atoms with Gasteiger partial charge in [-0.3, -0.25) is 4.79 Å². The Morgan fingerprint density at radius 1 is 1.42 bits per heavy atom. The third-order valence-corrected chi connectivity index (χ3v) is 3.92. The summed E-state index contributed by atoms with van der Waals surface area (Å²) in [5.41, 5.74) is -0.552. The van der Waals surface area contributed by atoms with Gasteiger partial charge in [0.15, 0.2) is 0 Å². The van der Waals surface area contributed by atoms with Crippen LogP contribution >= 0.6 is 11.6 Å². The van der Waals surface area contributed by atoms with Crippen molar-refractivity contribution >= 4 is 17.5 Å². The van der Waals surface area contributed by atoms with Gasteiger partial charge in [-0.15, -0.1) is 0 Å². The molecule has 1 heterocycles. The van der Waals surface area contributed by atoms with Crippen molar-refractivity contribution in [1.29, 1.82) is 0 Å². The SMILES string of the molecule is CC1(O)CCCN(C(=O)c2cccc(F)c2Cl)CC1. The zero-order valence-corrected chi connectivity index (χ0v) is 11.6. The van der Waals surface area contributed by atoms with Gasteiger partial charge in [0.2, 0.25) is 0 Å². The van der Waals surface area contributed by atoms with Gasteiger partial charge in [-0.05, 0) is 38.3 Å². The molecule has 0 saturated carbocycles. The van der Waals surface area contributed by atoms with Gasteiger partial charge >= 0.3 is 0 Å². The second kappa shape index (κ2) is 5.47. The quantitative estimate of drug-likeness (QED) is 0.862. The predicted octanol–water partition coefficient (Wildman–Crippen LogP) is 2.86. The largest absolute Gasteiger partial charge is 0.390 e. The third kappa shape index (κ3) is 3.25. The van der Waals surface area contributed by atoms with E-state index >= 15 is 0 Å². The number of likely N-dealkylation sites (tertiary alicyclic amines) is 1. The van der Waals surface area contributed by atoms with Crippen molar-refractivity contribution in [1.82, 2.24) is 4.90 Å². The molecule has 0 radical (unpaired) electrons. The fourth-order valence-electron chi connectivity index (χ4n) is 2.31. The van der Waals surface area contributed by atoms with Crippen molar-refractivity contribution in [3.8, 4) is 0 Å². The van der Waals surface area contributed by atoms with Gasteiger partial charge in [-0.1, -0.05) is 17.7 Å². The monoisotopic (exact) mass is 285 g/mol. The second-order valence-electron chi connectivity index (χ2n) is 5.24. The van der Waals surface area contributed by atoms with Crippen LogP contribution in [0.5, 0.6) is 0 Å². The molecule has 1 saturated heterocycles. The summed E-state index contributed by atoms with van der Waals surface area (Å²) in [4.78, 5) is 14.0. The Morgan fingerprint density at radius 3 is 2.89 bits per heavy atom. The molecule has 0 bridgehead atoms. The number of nitrogens with zero attached hydrogens (tertiary/aromatic N) is 1. The Kier molecular flexibility index (Phi) is 4.11. The summed E-state index contributed by atoms with van der Waals surface area (Å²) in [6, 6.07) is 4.23. The summed E-state index contributed by atoms with van der Waals surface area (Å²) in [5.74, 6) is -0.864. The lowest BCUT2D eigenvalue weighted by atomic mass is 9.98. The molecule has 2 rings (SSSR count). The maximum absolute atomic E-state index is 13.4. The minimum atomic E-state index is -0.735. The van der Waals surface area contributed by atoms with E-state index in [2.05, 4.69) is 0 Å². The topological polar surface area (TPSA) is 40.5 Å². The van der Waals surface area contributed by atoms with Crippen LogP contribution in [-0.4, -0.2) is 34.6 Å². The van der Waals surface area contributed by atoms with Crippen LogP contribution in [0.15, 0.2) is 18.2 Å². The lowest BCUT2D eigenvalue weighted by Gasteiger charge is -2.23. The maximum atomic E-state index is 13.4. The standard InChI is InChI=1S/C14H17ClFNO2/c1-14(19)6-3-8-17(9-7-14)13(18)10-4-2-5-11(16)12(10)15/h2,4-5,19H,3,6-9H2,1H3. The zero-order chi connectivity index (χ0) is 14.0. The summed E-state index contributed by atoms with van der Waals surface area (Å²) in [6.07, 6.45) is 1.91. The molecule has 0 aromatic heterocycles. The summed E-state index contributed by atoms with van der Waals surface area (Å²) in [6.45, 7) is 2.79. The van der Waals surface area contributed by atoms with Crippen LogP contribution < -0.4 is 0 Å². The van der Waals surface area contributed by atoms with Gasteiger partial charge in [0.25, 0.3) is 5.91 Å². The Labute approximate surface area is 117 Å². The summed E-state index contributed by atoms with van der Waals surface area (Å²) in [7, 11) is 0. The minimum Gasteiger partial charge on any atom is -0.390 e. The van der Waals surface area contributed by atoms with Gasteiger partial charge in [0, 0.05) is 13.1 Å². The van der Waals surface area contributed by atoms with Crippen LogP contribution in [0.25, 0.3) is 0 Å². The molecule has 1 aromatic carbocycles.